The maximum Gasteiger partial charge on any atom is 0.257 e. The molecular weight excluding hydrogens is 262 g/mol. The molecule has 4 heteroatoms. The van der Waals surface area contributed by atoms with Crippen molar-refractivity contribution in [1.82, 2.24) is 9.97 Å². The lowest BCUT2D eigenvalue weighted by atomic mass is 10.1. The topological polar surface area (TPSA) is 54.9 Å². The van der Waals surface area contributed by atoms with Gasteiger partial charge in [0.1, 0.15) is 0 Å². The number of nitrogens with zero attached hydrogens (tertiary/aromatic N) is 2. The summed E-state index contributed by atoms with van der Waals surface area (Å²) in [6.45, 7) is 3.80. The first kappa shape index (κ1) is 13.2. The minimum absolute atomic E-state index is 0.153. The number of aryl methyl sites for hydroxylation is 2. The summed E-state index contributed by atoms with van der Waals surface area (Å²) in [5.74, 6) is -0.153. The van der Waals surface area contributed by atoms with Crippen LogP contribution in [0.5, 0.6) is 0 Å². The van der Waals surface area contributed by atoms with Crippen molar-refractivity contribution in [2.24, 2.45) is 0 Å². The van der Waals surface area contributed by atoms with Gasteiger partial charge in [0.05, 0.1) is 16.8 Å². The molecule has 104 valence electrons. The Kier molecular flexibility index (Phi) is 3.36. The second kappa shape index (κ2) is 5.32. The van der Waals surface area contributed by atoms with E-state index in [9.17, 15) is 4.79 Å². The van der Waals surface area contributed by atoms with E-state index in [1.54, 1.807) is 12.4 Å². The highest BCUT2D eigenvalue weighted by molar-refractivity contribution is 6.07. The van der Waals surface area contributed by atoms with Gasteiger partial charge < -0.3 is 5.32 Å². The standard InChI is InChI=1S/C17H15N3O/c1-11-5-3-4-6-15(11)20-17(21)14-9-13-10-18-8-7-16(13)19-12(14)2/h3-10H,1-2H3,(H,20,21). The third-order valence-corrected chi connectivity index (χ3v) is 3.44. The highest BCUT2D eigenvalue weighted by Gasteiger charge is 2.12. The van der Waals surface area contributed by atoms with Crippen molar-refractivity contribution in [3.8, 4) is 0 Å². The summed E-state index contributed by atoms with van der Waals surface area (Å²) in [5.41, 5.74) is 3.96. The fraction of sp³-hybridized carbons (Fsp3) is 0.118. The maximum absolute atomic E-state index is 12.5. The summed E-state index contributed by atoms with van der Waals surface area (Å²) in [7, 11) is 0. The van der Waals surface area contributed by atoms with Gasteiger partial charge in [0.25, 0.3) is 5.91 Å². The lowest BCUT2D eigenvalue weighted by molar-refractivity contribution is 0.102. The van der Waals surface area contributed by atoms with Crippen molar-refractivity contribution in [3.63, 3.8) is 0 Å². The summed E-state index contributed by atoms with van der Waals surface area (Å²) < 4.78 is 0. The van der Waals surface area contributed by atoms with Gasteiger partial charge in [0.2, 0.25) is 0 Å². The second-order valence-electron chi connectivity index (χ2n) is 4.96. The van der Waals surface area contributed by atoms with Gasteiger partial charge in [-0.1, -0.05) is 18.2 Å². The molecule has 1 N–H and O–H groups in total. The molecule has 3 rings (SSSR count). The average Bonchev–Trinajstić information content (AvgIpc) is 2.49. The molecule has 0 saturated carbocycles. The van der Waals surface area contributed by atoms with E-state index in [1.165, 1.54) is 0 Å². The molecule has 4 nitrogen and oxygen atoms in total. The van der Waals surface area contributed by atoms with Gasteiger partial charge in [0, 0.05) is 23.5 Å². The summed E-state index contributed by atoms with van der Waals surface area (Å²) >= 11 is 0. The maximum atomic E-state index is 12.5. The monoisotopic (exact) mass is 277 g/mol. The van der Waals surface area contributed by atoms with Crippen LogP contribution in [0.2, 0.25) is 0 Å². The predicted octanol–water partition coefficient (Wildman–Crippen LogP) is 3.50. The minimum Gasteiger partial charge on any atom is -0.322 e. The Morgan fingerprint density at radius 3 is 2.76 bits per heavy atom. The van der Waals surface area contributed by atoms with Gasteiger partial charge in [-0.2, -0.15) is 0 Å². The Labute approximate surface area is 122 Å². The van der Waals surface area contributed by atoms with E-state index >= 15 is 0 Å². The van der Waals surface area contributed by atoms with Crippen molar-refractivity contribution in [2.75, 3.05) is 5.32 Å². The number of benzene rings is 1. The number of pyridine rings is 2. The molecule has 0 atom stereocenters. The van der Waals surface area contributed by atoms with Gasteiger partial charge in [-0.15, -0.1) is 0 Å². The van der Waals surface area contributed by atoms with Crippen molar-refractivity contribution in [3.05, 3.63) is 65.6 Å². The molecule has 0 bridgehead atoms. The molecule has 0 saturated heterocycles. The number of amides is 1. The number of carbonyl (C=O) groups is 1. The van der Waals surface area contributed by atoms with E-state index in [0.29, 0.717) is 11.3 Å². The number of hydrogen-bond acceptors (Lipinski definition) is 3. The first-order valence-electron chi connectivity index (χ1n) is 6.73. The van der Waals surface area contributed by atoms with Crippen LogP contribution in [0.1, 0.15) is 21.6 Å². The van der Waals surface area contributed by atoms with Crippen LogP contribution in [-0.4, -0.2) is 15.9 Å². The van der Waals surface area contributed by atoms with Gasteiger partial charge in [-0.25, -0.2) is 0 Å². The van der Waals surface area contributed by atoms with Crippen molar-refractivity contribution in [2.45, 2.75) is 13.8 Å². The molecule has 2 heterocycles. The molecule has 0 aliphatic heterocycles. The SMILES string of the molecule is Cc1ccccc1NC(=O)c1cc2cnccc2nc1C. The number of hydrogen-bond donors (Lipinski definition) is 1. The largest absolute Gasteiger partial charge is 0.322 e. The first-order chi connectivity index (χ1) is 10.1. The third-order valence-electron chi connectivity index (χ3n) is 3.44. The Hall–Kier alpha value is -2.75. The zero-order chi connectivity index (χ0) is 14.8. The van der Waals surface area contributed by atoms with E-state index in [0.717, 1.165) is 22.2 Å². The van der Waals surface area contributed by atoms with E-state index in [1.807, 2.05) is 50.2 Å². The van der Waals surface area contributed by atoms with E-state index in [2.05, 4.69) is 15.3 Å². The summed E-state index contributed by atoms with van der Waals surface area (Å²) in [4.78, 5) is 21.0. The fourth-order valence-electron chi connectivity index (χ4n) is 2.25. The molecule has 2 aromatic heterocycles. The summed E-state index contributed by atoms with van der Waals surface area (Å²) in [6, 6.07) is 11.4. The number of para-hydroxylation sites is 1. The van der Waals surface area contributed by atoms with Gasteiger partial charge in [-0.3, -0.25) is 14.8 Å². The van der Waals surface area contributed by atoms with Crippen LogP contribution in [0.4, 0.5) is 5.69 Å². The number of carbonyl (C=O) groups excluding carboxylic acids is 1. The fourth-order valence-corrected chi connectivity index (χ4v) is 2.25. The van der Waals surface area contributed by atoms with Crippen molar-refractivity contribution >= 4 is 22.5 Å². The quantitative estimate of drug-likeness (QED) is 0.780. The molecule has 3 aromatic rings. The van der Waals surface area contributed by atoms with Crippen LogP contribution in [0.15, 0.2) is 48.8 Å². The van der Waals surface area contributed by atoms with Crippen molar-refractivity contribution in [1.29, 1.82) is 0 Å². The number of rotatable bonds is 2. The number of fused-ring (bicyclic) bond motifs is 1. The molecule has 0 unspecified atom stereocenters. The predicted molar refractivity (Wildman–Crippen MR) is 83.4 cm³/mol. The van der Waals surface area contributed by atoms with Crippen LogP contribution in [0.3, 0.4) is 0 Å². The molecule has 0 aliphatic rings. The average molecular weight is 277 g/mol. The van der Waals surface area contributed by atoms with Gasteiger partial charge in [0.15, 0.2) is 0 Å². The highest BCUT2D eigenvalue weighted by atomic mass is 16.1. The van der Waals surface area contributed by atoms with E-state index in [-0.39, 0.29) is 5.91 Å². The molecule has 0 aliphatic carbocycles. The Morgan fingerprint density at radius 1 is 1.14 bits per heavy atom. The van der Waals surface area contributed by atoms with E-state index in [4.69, 9.17) is 0 Å². The molecule has 0 fully saturated rings. The van der Waals surface area contributed by atoms with Crippen LogP contribution in [0, 0.1) is 13.8 Å². The van der Waals surface area contributed by atoms with Crippen molar-refractivity contribution < 1.29 is 4.79 Å². The van der Waals surface area contributed by atoms with E-state index < -0.39 is 0 Å². The molecule has 21 heavy (non-hydrogen) atoms. The van der Waals surface area contributed by atoms with Gasteiger partial charge in [-0.05, 0) is 37.6 Å². The Balaban J connectivity index is 1.98. The number of anilines is 1. The normalized spacial score (nSPS) is 10.6. The Morgan fingerprint density at radius 2 is 1.95 bits per heavy atom. The lowest BCUT2D eigenvalue weighted by Crippen LogP contribution is -2.15. The second-order valence-corrected chi connectivity index (χ2v) is 4.96. The van der Waals surface area contributed by atoms with Crippen LogP contribution < -0.4 is 5.32 Å². The lowest BCUT2D eigenvalue weighted by Gasteiger charge is -2.10. The molecule has 1 aromatic carbocycles. The summed E-state index contributed by atoms with van der Waals surface area (Å²) in [5, 5.41) is 3.79. The molecule has 0 spiro atoms. The van der Waals surface area contributed by atoms with Crippen LogP contribution >= 0.6 is 0 Å². The smallest absolute Gasteiger partial charge is 0.257 e. The molecule has 0 radical (unpaired) electrons. The van der Waals surface area contributed by atoms with Gasteiger partial charge >= 0.3 is 0 Å². The Bertz CT molecular complexity index is 827. The summed E-state index contributed by atoms with van der Waals surface area (Å²) in [6.07, 6.45) is 3.41. The highest BCUT2D eigenvalue weighted by Crippen LogP contribution is 2.18. The molecular formula is C17H15N3O. The minimum atomic E-state index is -0.153. The zero-order valence-corrected chi connectivity index (χ0v) is 11.9. The first-order valence-corrected chi connectivity index (χ1v) is 6.73. The third kappa shape index (κ3) is 2.60. The van der Waals surface area contributed by atoms with Crippen LogP contribution in [-0.2, 0) is 0 Å². The zero-order valence-electron chi connectivity index (χ0n) is 11.9. The number of nitrogens with one attached hydrogen (secondary N) is 1. The number of aromatic nitrogens is 2. The molecule has 1 amide bonds. The van der Waals surface area contributed by atoms with Crippen LogP contribution in [0.25, 0.3) is 10.9 Å².